The Kier molecular flexibility index (Phi) is 6.82. The minimum atomic E-state index is -0.375. The number of rotatable bonds is 8. The average Bonchev–Trinajstić information content (AvgIpc) is 3.57. The Morgan fingerprint density at radius 1 is 1.13 bits per heavy atom. The molecule has 1 amide bonds. The number of anilines is 4. The number of aromatic nitrogens is 3. The van der Waals surface area contributed by atoms with Crippen molar-refractivity contribution in [2.24, 2.45) is 0 Å². The van der Waals surface area contributed by atoms with Crippen LogP contribution in [0.15, 0.2) is 65.3 Å². The van der Waals surface area contributed by atoms with Crippen molar-refractivity contribution in [2.45, 2.75) is 19.0 Å². The third kappa shape index (κ3) is 5.14. The van der Waals surface area contributed by atoms with Gasteiger partial charge in [0, 0.05) is 36.6 Å². The summed E-state index contributed by atoms with van der Waals surface area (Å²) in [5, 5.41) is 24.1. The topological polar surface area (TPSA) is 138 Å². The molecule has 0 spiro atoms. The van der Waals surface area contributed by atoms with Gasteiger partial charge in [0.1, 0.15) is 5.82 Å². The van der Waals surface area contributed by atoms with Crippen molar-refractivity contribution >= 4 is 29.0 Å². The molecule has 2 aliphatic heterocycles. The molecule has 6 rings (SSSR count). The number of morpholine rings is 1. The summed E-state index contributed by atoms with van der Waals surface area (Å²) in [4.78, 5) is 23.4. The number of aliphatic hydroxyl groups excluding tert-OH is 1. The van der Waals surface area contributed by atoms with Crippen molar-refractivity contribution in [3.8, 4) is 11.5 Å². The van der Waals surface area contributed by atoms with Gasteiger partial charge in [-0.05, 0) is 41.4 Å². The molecule has 0 bridgehead atoms. The molecule has 1 saturated heterocycles. The molecular weight excluding hydrogens is 498 g/mol. The summed E-state index contributed by atoms with van der Waals surface area (Å²) in [6, 6.07) is 16.7. The number of hydrogen-bond acceptors (Lipinski definition) is 10. The van der Waals surface area contributed by atoms with E-state index in [9.17, 15) is 9.90 Å². The van der Waals surface area contributed by atoms with E-state index in [4.69, 9.17) is 9.26 Å². The molecule has 2 atom stereocenters. The third-order valence-electron chi connectivity index (χ3n) is 6.94. The minimum Gasteiger partial charge on any atom is -0.394 e. The number of benzene rings is 2. The van der Waals surface area contributed by atoms with Crippen LogP contribution < -0.4 is 20.9 Å². The first-order valence-corrected chi connectivity index (χ1v) is 12.9. The summed E-state index contributed by atoms with van der Waals surface area (Å²) in [5.41, 5.74) is 4.63. The summed E-state index contributed by atoms with van der Waals surface area (Å²) < 4.78 is 11.1. The molecule has 200 valence electrons. The number of hydrogen-bond donors (Lipinski definition) is 4. The van der Waals surface area contributed by atoms with Crippen LogP contribution >= 0.6 is 0 Å². The van der Waals surface area contributed by atoms with Gasteiger partial charge in [0.15, 0.2) is 0 Å². The Morgan fingerprint density at radius 2 is 1.95 bits per heavy atom. The summed E-state index contributed by atoms with van der Waals surface area (Å²) in [7, 11) is 0. The zero-order chi connectivity index (χ0) is 26.8. The van der Waals surface area contributed by atoms with Crippen molar-refractivity contribution in [3.05, 3.63) is 77.5 Å². The number of amides is 1. The lowest BCUT2D eigenvalue weighted by molar-refractivity contribution is 0.0958. The Balaban J connectivity index is 1.33. The highest BCUT2D eigenvalue weighted by atomic mass is 16.5. The van der Waals surface area contributed by atoms with E-state index in [2.05, 4.69) is 31.1 Å². The summed E-state index contributed by atoms with van der Waals surface area (Å²) in [6.45, 7) is 4.43. The maximum atomic E-state index is 12.1. The van der Waals surface area contributed by atoms with Crippen LogP contribution in [0.2, 0.25) is 0 Å². The van der Waals surface area contributed by atoms with Gasteiger partial charge in [-0.2, -0.15) is 4.98 Å². The molecule has 11 heteroatoms. The van der Waals surface area contributed by atoms with Gasteiger partial charge in [-0.1, -0.05) is 30.3 Å². The Labute approximate surface area is 225 Å². The van der Waals surface area contributed by atoms with Crippen LogP contribution in [0.4, 0.5) is 23.1 Å². The molecule has 0 aliphatic carbocycles. The summed E-state index contributed by atoms with van der Waals surface area (Å²) in [6.07, 6.45) is 1.67. The van der Waals surface area contributed by atoms with Gasteiger partial charge in [-0.15, -0.1) is 0 Å². The highest BCUT2D eigenvalue weighted by Gasteiger charge is 2.26. The number of carbonyl (C=O) groups excluding carboxylic acids is 1. The first kappa shape index (κ1) is 24.8. The van der Waals surface area contributed by atoms with Gasteiger partial charge < -0.3 is 35.2 Å². The van der Waals surface area contributed by atoms with E-state index in [0.717, 1.165) is 16.8 Å². The fraction of sp³-hybridized carbons (Fsp3) is 0.286. The molecule has 1 unspecified atom stereocenters. The Bertz CT molecular complexity index is 1470. The van der Waals surface area contributed by atoms with Crippen molar-refractivity contribution in [3.63, 3.8) is 0 Å². The van der Waals surface area contributed by atoms with Gasteiger partial charge in [0.25, 0.3) is 17.7 Å². The predicted octanol–water partition coefficient (Wildman–Crippen LogP) is 3.66. The normalized spacial score (nSPS) is 17.4. The molecule has 0 saturated carbocycles. The van der Waals surface area contributed by atoms with Crippen LogP contribution in [-0.4, -0.2) is 59.0 Å². The second-order valence-corrected chi connectivity index (χ2v) is 9.53. The maximum Gasteiger partial charge on any atom is 0.266 e. The van der Waals surface area contributed by atoms with Crippen LogP contribution in [-0.2, 0) is 4.74 Å². The Morgan fingerprint density at radius 3 is 2.74 bits per heavy atom. The number of ether oxygens (including phenoxy) is 1. The number of fused-ring (bicyclic) bond motifs is 1. The van der Waals surface area contributed by atoms with E-state index in [-0.39, 0.29) is 24.6 Å². The van der Waals surface area contributed by atoms with Crippen LogP contribution in [0.3, 0.4) is 0 Å². The fourth-order valence-corrected chi connectivity index (χ4v) is 4.84. The standard InChI is InChI=1S/C28H29N7O4/c1-17-21-13-19(7-8-20(21)26(37)30-17)31-25-14-23(32-24(16-36)18-5-3-2-4-6-18)22(15-29-25)27-33-28(34-39-27)35-9-11-38-12-10-35/h2-8,13-15,17,24,36H,9-12,16H2,1H3,(H,30,37)(H2,29,31,32)/t17?,24-/m1/s1. The van der Waals surface area contributed by atoms with Crippen molar-refractivity contribution in [1.82, 2.24) is 20.4 Å². The highest BCUT2D eigenvalue weighted by Crippen LogP contribution is 2.34. The third-order valence-corrected chi connectivity index (χ3v) is 6.94. The molecule has 39 heavy (non-hydrogen) atoms. The molecule has 4 heterocycles. The molecule has 2 aliphatic rings. The fourth-order valence-electron chi connectivity index (χ4n) is 4.84. The number of aliphatic hydroxyl groups is 1. The highest BCUT2D eigenvalue weighted by molar-refractivity contribution is 5.99. The largest absolute Gasteiger partial charge is 0.394 e. The number of carbonyl (C=O) groups is 1. The van der Waals surface area contributed by atoms with Crippen molar-refractivity contribution in [1.29, 1.82) is 0 Å². The predicted molar refractivity (Wildman–Crippen MR) is 146 cm³/mol. The van der Waals surface area contributed by atoms with E-state index in [1.54, 1.807) is 6.20 Å². The zero-order valence-electron chi connectivity index (χ0n) is 21.4. The van der Waals surface area contributed by atoms with E-state index >= 15 is 0 Å². The summed E-state index contributed by atoms with van der Waals surface area (Å²) >= 11 is 0. The van der Waals surface area contributed by atoms with Crippen LogP contribution in [0, 0.1) is 0 Å². The van der Waals surface area contributed by atoms with Crippen LogP contribution in [0.1, 0.15) is 40.5 Å². The maximum absolute atomic E-state index is 12.1. The van der Waals surface area contributed by atoms with E-state index < -0.39 is 0 Å². The quantitative estimate of drug-likeness (QED) is 0.269. The monoisotopic (exact) mass is 527 g/mol. The van der Waals surface area contributed by atoms with Gasteiger partial charge in [-0.25, -0.2) is 4.98 Å². The lowest BCUT2D eigenvalue weighted by atomic mass is 10.0. The molecular formula is C28H29N7O4. The molecule has 1 fully saturated rings. The van der Waals surface area contributed by atoms with Crippen molar-refractivity contribution in [2.75, 3.05) is 48.4 Å². The van der Waals surface area contributed by atoms with Crippen LogP contribution in [0.5, 0.6) is 0 Å². The average molecular weight is 528 g/mol. The molecule has 2 aromatic carbocycles. The smallest absolute Gasteiger partial charge is 0.266 e. The molecule has 4 N–H and O–H groups in total. The number of pyridine rings is 1. The minimum absolute atomic E-state index is 0.0591. The molecule has 0 radical (unpaired) electrons. The van der Waals surface area contributed by atoms with Gasteiger partial charge in [0.2, 0.25) is 0 Å². The lowest BCUT2D eigenvalue weighted by Crippen LogP contribution is -2.36. The van der Waals surface area contributed by atoms with Gasteiger partial charge in [0.05, 0.1) is 43.2 Å². The van der Waals surface area contributed by atoms with E-state index in [0.29, 0.717) is 60.8 Å². The van der Waals surface area contributed by atoms with Gasteiger partial charge in [-0.3, -0.25) is 4.79 Å². The zero-order valence-corrected chi connectivity index (χ0v) is 21.4. The first-order valence-electron chi connectivity index (χ1n) is 12.9. The first-order chi connectivity index (χ1) is 19.1. The van der Waals surface area contributed by atoms with Crippen LogP contribution in [0.25, 0.3) is 11.5 Å². The lowest BCUT2D eigenvalue weighted by Gasteiger charge is -2.24. The molecule has 2 aromatic heterocycles. The van der Waals surface area contributed by atoms with Gasteiger partial charge >= 0.3 is 0 Å². The molecule has 4 aromatic rings. The van der Waals surface area contributed by atoms with E-state index in [1.807, 2.05) is 66.4 Å². The van der Waals surface area contributed by atoms with E-state index in [1.165, 1.54) is 0 Å². The second kappa shape index (κ2) is 10.7. The second-order valence-electron chi connectivity index (χ2n) is 9.53. The molecule has 11 nitrogen and oxygen atoms in total. The number of nitrogens with zero attached hydrogens (tertiary/aromatic N) is 4. The van der Waals surface area contributed by atoms with Crippen molar-refractivity contribution < 1.29 is 19.2 Å². The number of nitrogens with one attached hydrogen (secondary N) is 3. The SMILES string of the molecule is CC1NC(=O)c2ccc(Nc3cc(N[C@H](CO)c4ccccc4)c(-c4nc(N5CCOCC5)no4)cn3)cc21. The Hall–Kier alpha value is -4.48. The summed E-state index contributed by atoms with van der Waals surface area (Å²) in [5.74, 6) is 1.33.